The topological polar surface area (TPSA) is 87.1 Å². The van der Waals surface area contributed by atoms with Gasteiger partial charge in [0, 0.05) is 48.7 Å². The number of nitrogens with two attached hydrogens (primary N) is 1. The molecular formula is C21H31N7. The molecule has 1 saturated heterocycles. The van der Waals surface area contributed by atoms with Gasteiger partial charge in [0.25, 0.3) is 0 Å². The standard InChI is InChI=1S/C21H31N7/c1-13(2)26-9-6-15(7-10-26)27-12-18-16(11-25-28(18)14(3)4)20(23)19-17(22)5-8-24-21(19)27/h5,8,11,13-15,23H,6-7,9-10,12H2,1-4H3,(H2,22,24). The van der Waals surface area contributed by atoms with Crippen molar-refractivity contribution < 1.29 is 0 Å². The number of piperidine rings is 1. The SMILES string of the molecule is CC(C)N1CCC(N2Cc3c(cnn3C(C)C)C(=N)c3c(N)ccnc32)CC1. The predicted octanol–water partition coefficient (Wildman–Crippen LogP) is 3.05. The number of hydrogen-bond donors (Lipinski definition) is 2. The maximum Gasteiger partial charge on any atom is 0.140 e. The number of pyridine rings is 1. The Kier molecular flexibility index (Phi) is 4.87. The molecule has 0 saturated carbocycles. The number of nitrogen functional groups attached to an aromatic ring is 1. The Balaban J connectivity index is 1.77. The largest absolute Gasteiger partial charge is 0.398 e. The molecule has 0 amide bonds. The van der Waals surface area contributed by atoms with Gasteiger partial charge in [-0.25, -0.2) is 4.98 Å². The molecule has 7 heteroatoms. The number of nitrogens with one attached hydrogen (secondary N) is 1. The minimum atomic E-state index is 0.243. The molecule has 3 N–H and O–H groups in total. The van der Waals surface area contributed by atoms with E-state index in [1.165, 1.54) is 0 Å². The summed E-state index contributed by atoms with van der Waals surface area (Å²) >= 11 is 0. The smallest absolute Gasteiger partial charge is 0.140 e. The minimum Gasteiger partial charge on any atom is -0.398 e. The van der Waals surface area contributed by atoms with Gasteiger partial charge in [-0.05, 0) is 46.6 Å². The van der Waals surface area contributed by atoms with Crippen molar-refractivity contribution in [2.45, 2.75) is 65.2 Å². The van der Waals surface area contributed by atoms with E-state index in [9.17, 15) is 0 Å². The lowest BCUT2D eigenvalue weighted by molar-refractivity contribution is 0.169. The van der Waals surface area contributed by atoms with Crippen molar-refractivity contribution in [3.63, 3.8) is 0 Å². The van der Waals surface area contributed by atoms with Crippen LogP contribution in [0.5, 0.6) is 0 Å². The van der Waals surface area contributed by atoms with E-state index >= 15 is 0 Å². The van der Waals surface area contributed by atoms with Gasteiger partial charge in [-0.15, -0.1) is 0 Å². The molecule has 2 aliphatic rings. The molecule has 1 fully saturated rings. The molecule has 4 heterocycles. The average Bonchev–Trinajstić information content (AvgIpc) is 3.04. The van der Waals surface area contributed by atoms with Crippen LogP contribution in [0.1, 0.15) is 63.4 Å². The first-order valence-corrected chi connectivity index (χ1v) is 10.3. The van der Waals surface area contributed by atoms with Gasteiger partial charge < -0.3 is 15.5 Å². The first-order valence-electron chi connectivity index (χ1n) is 10.3. The molecule has 0 unspecified atom stereocenters. The molecule has 0 spiro atoms. The van der Waals surface area contributed by atoms with Crippen LogP contribution < -0.4 is 10.6 Å². The van der Waals surface area contributed by atoms with Crippen molar-refractivity contribution in [3.8, 4) is 0 Å². The minimum absolute atomic E-state index is 0.243. The number of anilines is 2. The normalized spacial score (nSPS) is 18.5. The lowest BCUT2D eigenvalue weighted by Crippen LogP contribution is -2.47. The van der Waals surface area contributed by atoms with Crippen molar-refractivity contribution in [2.75, 3.05) is 23.7 Å². The van der Waals surface area contributed by atoms with Crippen LogP contribution in [-0.4, -0.2) is 50.5 Å². The van der Waals surface area contributed by atoms with Crippen molar-refractivity contribution in [2.24, 2.45) is 0 Å². The molecule has 7 nitrogen and oxygen atoms in total. The molecule has 150 valence electrons. The average molecular weight is 382 g/mol. The zero-order valence-electron chi connectivity index (χ0n) is 17.3. The fraction of sp³-hybridized carbons (Fsp3) is 0.571. The van der Waals surface area contributed by atoms with Gasteiger partial charge in [0.05, 0.1) is 29.7 Å². The van der Waals surface area contributed by atoms with Gasteiger partial charge in [0.1, 0.15) is 5.82 Å². The van der Waals surface area contributed by atoms with E-state index in [0.717, 1.165) is 48.6 Å². The van der Waals surface area contributed by atoms with Gasteiger partial charge in [0.15, 0.2) is 0 Å². The van der Waals surface area contributed by atoms with Crippen molar-refractivity contribution in [1.82, 2.24) is 19.7 Å². The van der Waals surface area contributed by atoms with E-state index in [0.29, 0.717) is 30.0 Å². The Labute approximate surface area is 167 Å². The van der Waals surface area contributed by atoms with Gasteiger partial charge in [0.2, 0.25) is 0 Å². The highest BCUT2D eigenvalue weighted by atomic mass is 15.3. The van der Waals surface area contributed by atoms with Gasteiger partial charge in [-0.1, -0.05) is 0 Å². The Hall–Kier alpha value is -2.41. The summed E-state index contributed by atoms with van der Waals surface area (Å²) in [7, 11) is 0. The third-order valence-corrected chi connectivity index (χ3v) is 6.13. The molecule has 0 aliphatic carbocycles. The zero-order valence-corrected chi connectivity index (χ0v) is 17.3. The van der Waals surface area contributed by atoms with E-state index in [1.54, 1.807) is 12.3 Å². The zero-order chi connectivity index (χ0) is 20.0. The summed E-state index contributed by atoms with van der Waals surface area (Å²) in [6, 6.07) is 3.00. The van der Waals surface area contributed by atoms with Crippen LogP contribution in [-0.2, 0) is 6.54 Å². The third kappa shape index (κ3) is 3.07. The molecular weight excluding hydrogens is 350 g/mol. The number of hydrogen-bond acceptors (Lipinski definition) is 6. The molecule has 0 radical (unpaired) electrons. The summed E-state index contributed by atoms with van der Waals surface area (Å²) in [6.45, 7) is 11.7. The summed E-state index contributed by atoms with van der Waals surface area (Å²) < 4.78 is 2.04. The quantitative estimate of drug-likeness (QED) is 0.853. The summed E-state index contributed by atoms with van der Waals surface area (Å²) in [6.07, 6.45) is 5.76. The molecule has 0 atom stereocenters. The number of aromatic nitrogens is 3. The summed E-state index contributed by atoms with van der Waals surface area (Å²) in [5.74, 6) is 0.847. The van der Waals surface area contributed by atoms with Crippen LogP contribution in [0.4, 0.5) is 11.5 Å². The third-order valence-electron chi connectivity index (χ3n) is 6.13. The van der Waals surface area contributed by atoms with Crippen molar-refractivity contribution in [1.29, 1.82) is 5.41 Å². The molecule has 0 bridgehead atoms. The summed E-state index contributed by atoms with van der Waals surface area (Å²) in [5, 5.41) is 13.5. The highest BCUT2D eigenvalue weighted by molar-refractivity contribution is 6.17. The Bertz CT molecular complexity index is 875. The van der Waals surface area contributed by atoms with E-state index in [4.69, 9.17) is 16.1 Å². The van der Waals surface area contributed by atoms with Crippen LogP contribution in [0.2, 0.25) is 0 Å². The molecule has 2 aromatic rings. The monoisotopic (exact) mass is 381 g/mol. The molecule has 4 rings (SSSR count). The number of nitrogens with zero attached hydrogens (tertiary/aromatic N) is 5. The predicted molar refractivity (Wildman–Crippen MR) is 113 cm³/mol. The maximum absolute atomic E-state index is 8.87. The van der Waals surface area contributed by atoms with Crippen LogP contribution in [0.15, 0.2) is 18.5 Å². The second-order valence-corrected chi connectivity index (χ2v) is 8.51. The fourth-order valence-corrected chi connectivity index (χ4v) is 4.52. The molecule has 2 aromatic heterocycles. The summed E-state index contributed by atoms with van der Waals surface area (Å²) in [5.41, 5.74) is 10.1. The highest BCUT2D eigenvalue weighted by Gasteiger charge is 2.34. The number of fused-ring (bicyclic) bond motifs is 2. The van der Waals surface area contributed by atoms with Gasteiger partial charge in [-0.2, -0.15) is 5.10 Å². The first kappa shape index (κ1) is 18.9. The van der Waals surface area contributed by atoms with Crippen LogP contribution in [0, 0.1) is 5.41 Å². The lowest BCUT2D eigenvalue weighted by atomic mass is 10.0. The van der Waals surface area contributed by atoms with Crippen molar-refractivity contribution in [3.05, 3.63) is 35.3 Å². The summed E-state index contributed by atoms with van der Waals surface area (Å²) in [4.78, 5) is 9.62. The Morgan fingerprint density at radius 3 is 2.50 bits per heavy atom. The van der Waals surface area contributed by atoms with Gasteiger partial charge in [-0.3, -0.25) is 10.1 Å². The molecule has 0 aromatic carbocycles. The second kappa shape index (κ2) is 7.20. The van der Waals surface area contributed by atoms with E-state index in [2.05, 4.69) is 42.6 Å². The van der Waals surface area contributed by atoms with Crippen LogP contribution in [0.3, 0.4) is 0 Å². The van der Waals surface area contributed by atoms with Crippen molar-refractivity contribution >= 4 is 17.2 Å². The highest BCUT2D eigenvalue weighted by Crippen LogP contribution is 2.36. The van der Waals surface area contributed by atoms with E-state index in [1.807, 2.05) is 10.9 Å². The molecule has 28 heavy (non-hydrogen) atoms. The lowest BCUT2D eigenvalue weighted by Gasteiger charge is -2.40. The number of rotatable bonds is 3. The van der Waals surface area contributed by atoms with Crippen LogP contribution in [0.25, 0.3) is 0 Å². The first-order chi connectivity index (χ1) is 13.4. The van der Waals surface area contributed by atoms with E-state index < -0.39 is 0 Å². The van der Waals surface area contributed by atoms with Crippen LogP contribution >= 0.6 is 0 Å². The maximum atomic E-state index is 8.87. The van der Waals surface area contributed by atoms with Gasteiger partial charge >= 0.3 is 0 Å². The Morgan fingerprint density at radius 1 is 1.14 bits per heavy atom. The Morgan fingerprint density at radius 2 is 1.86 bits per heavy atom. The molecule has 2 aliphatic heterocycles. The fourth-order valence-electron chi connectivity index (χ4n) is 4.52. The van der Waals surface area contributed by atoms with E-state index in [-0.39, 0.29) is 6.04 Å². The number of likely N-dealkylation sites (tertiary alicyclic amines) is 1. The second-order valence-electron chi connectivity index (χ2n) is 8.51.